The molecule has 0 spiro atoms. The lowest BCUT2D eigenvalue weighted by Crippen LogP contribution is -2.50. The lowest BCUT2D eigenvalue weighted by atomic mass is 10.1. The second kappa shape index (κ2) is 11.4. The maximum absolute atomic E-state index is 13.2. The third-order valence-corrected chi connectivity index (χ3v) is 6.23. The van der Waals surface area contributed by atoms with Crippen LogP contribution in [0.15, 0.2) is 29.1 Å². The third kappa shape index (κ3) is 5.52. The fourth-order valence-electron chi connectivity index (χ4n) is 4.52. The van der Waals surface area contributed by atoms with Gasteiger partial charge in [-0.15, -0.1) is 0 Å². The zero-order valence-corrected chi connectivity index (χ0v) is 19.1. The van der Waals surface area contributed by atoms with E-state index in [1.807, 2.05) is 33.7 Å². The van der Waals surface area contributed by atoms with E-state index in [0.717, 1.165) is 69.6 Å². The molecular weight excluding hydrogens is 390 g/mol. The normalized spacial score (nSPS) is 16.0. The maximum atomic E-state index is 13.2. The van der Waals surface area contributed by atoms with Crippen molar-refractivity contribution in [3.63, 3.8) is 0 Å². The van der Waals surface area contributed by atoms with E-state index >= 15 is 0 Å². The molecule has 0 bridgehead atoms. The summed E-state index contributed by atoms with van der Waals surface area (Å²) in [6.45, 7) is 8.68. The molecule has 2 aromatic rings. The van der Waals surface area contributed by atoms with Gasteiger partial charge in [-0.1, -0.05) is 32.4 Å². The number of unbranched alkanes of at least 4 members (excludes halogenated alkanes) is 2. The summed E-state index contributed by atoms with van der Waals surface area (Å²) in [5, 5.41) is 0.680. The van der Waals surface area contributed by atoms with Gasteiger partial charge in [0, 0.05) is 39.1 Å². The SMILES string of the molecule is CCCn1c([C@H](CC)N2CCN(C(=O)CCCCCN)CC2)nc2ccccc2c1=O. The highest BCUT2D eigenvalue weighted by molar-refractivity contribution is 5.77. The summed E-state index contributed by atoms with van der Waals surface area (Å²) in [7, 11) is 0. The summed E-state index contributed by atoms with van der Waals surface area (Å²) in [6.07, 6.45) is 5.29. The van der Waals surface area contributed by atoms with Crippen LogP contribution in [0.25, 0.3) is 10.9 Å². The Morgan fingerprint density at radius 1 is 1.10 bits per heavy atom. The van der Waals surface area contributed by atoms with Gasteiger partial charge in [-0.2, -0.15) is 0 Å². The van der Waals surface area contributed by atoms with Crippen molar-refractivity contribution in [2.75, 3.05) is 32.7 Å². The Bertz CT molecular complexity index is 918. The predicted octanol–water partition coefficient (Wildman–Crippen LogP) is 2.92. The Kier molecular flexibility index (Phi) is 8.60. The molecule has 0 aliphatic carbocycles. The first-order chi connectivity index (χ1) is 15.1. The second-order valence-corrected chi connectivity index (χ2v) is 8.38. The number of benzene rings is 1. The van der Waals surface area contributed by atoms with Gasteiger partial charge in [-0.25, -0.2) is 4.98 Å². The smallest absolute Gasteiger partial charge is 0.261 e. The molecule has 7 heteroatoms. The van der Waals surface area contributed by atoms with Crippen LogP contribution in [0.1, 0.15) is 64.2 Å². The van der Waals surface area contributed by atoms with Gasteiger partial charge >= 0.3 is 0 Å². The molecule has 1 aliphatic rings. The van der Waals surface area contributed by atoms with Crippen LogP contribution in [-0.2, 0) is 11.3 Å². The van der Waals surface area contributed by atoms with Crippen molar-refractivity contribution in [1.82, 2.24) is 19.4 Å². The number of amides is 1. The van der Waals surface area contributed by atoms with E-state index in [9.17, 15) is 9.59 Å². The van der Waals surface area contributed by atoms with Crippen LogP contribution in [0.2, 0.25) is 0 Å². The zero-order chi connectivity index (χ0) is 22.2. The molecule has 3 rings (SSSR count). The first-order valence-corrected chi connectivity index (χ1v) is 11.8. The Balaban J connectivity index is 1.74. The second-order valence-electron chi connectivity index (χ2n) is 8.38. The summed E-state index contributed by atoms with van der Waals surface area (Å²) in [4.78, 5) is 35.0. The third-order valence-electron chi connectivity index (χ3n) is 6.23. The van der Waals surface area contributed by atoms with Crippen molar-refractivity contribution in [1.29, 1.82) is 0 Å². The number of hydrogen-bond donors (Lipinski definition) is 1. The number of fused-ring (bicyclic) bond motifs is 1. The summed E-state index contributed by atoms with van der Waals surface area (Å²) < 4.78 is 1.87. The maximum Gasteiger partial charge on any atom is 0.261 e. The molecule has 31 heavy (non-hydrogen) atoms. The molecule has 1 aromatic carbocycles. The monoisotopic (exact) mass is 427 g/mol. The van der Waals surface area contributed by atoms with Crippen molar-refractivity contribution in [2.24, 2.45) is 5.73 Å². The van der Waals surface area contributed by atoms with E-state index < -0.39 is 0 Å². The Labute approximate surface area is 185 Å². The first-order valence-electron chi connectivity index (χ1n) is 11.8. The van der Waals surface area contributed by atoms with Gasteiger partial charge in [-0.05, 0) is 44.4 Å². The van der Waals surface area contributed by atoms with Crippen LogP contribution in [-0.4, -0.2) is 58.0 Å². The minimum atomic E-state index is 0.0483. The van der Waals surface area contributed by atoms with Crippen molar-refractivity contribution in [2.45, 2.75) is 65.0 Å². The van der Waals surface area contributed by atoms with Crippen LogP contribution in [0.4, 0.5) is 0 Å². The van der Waals surface area contributed by atoms with Gasteiger partial charge in [0.15, 0.2) is 0 Å². The molecule has 0 saturated carbocycles. The largest absolute Gasteiger partial charge is 0.340 e. The summed E-state index contributed by atoms with van der Waals surface area (Å²) in [5.41, 5.74) is 6.35. The van der Waals surface area contributed by atoms with Gasteiger partial charge in [-0.3, -0.25) is 19.1 Å². The molecule has 170 valence electrons. The van der Waals surface area contributed by atoms with Gasteiger partial charge in [0.25, 0.3) is 5.56 Å². The molecule has 1 amide bonds. The molecule has 1 fully saturated rings. The van der Waals surface area contributed by atoms with E-state index in [1.54, 1.807) is 0 Å². The minimum Gasteiger partial charge on any atom is -0.340 e. The minimum absolute atomic E-state index is 0.0483. The molecule has 1 aliphatic heterocycles. The summed E-state index contributed by atoms with van der Waals surface area (Å²) in [5.74, 6) is 1.10. The van der Waals surface area contributed by atoms with E-state index in [2.05, 4.69) is 18.7 Å². The molecule has 1 aromatic heterocycles. The molecular formula is C24H37N5O2. The summed E-state index contributed by atoms with van der Waals surface area (Å²) in [6, 6.07) is 7.68. The number of hydrogen-bond acceptors (Lipinski definition) is 5. The highest BCUT2D eigenvalue weighted by atomic mass is 16.2. The molecule has 0 radical (unpaired) electrons. The molecule has 1 saturated heterocycles. The van der Waals surface area contributed by atoms with Crippen LogP contribution in [0.3, 0.4) is 0 Å². The number of piperazine rings is 1. The highest BCUT2D eigenvalue weighted by Gasteiger charge is 2.29. The number of rotatable bonds is 10. The average molecular weight is 428 g/mol. The van der Waals surface area contributed by atoms with Crippen molar-refractivity contribution < 1.29 is 4.79 Å². The molecule has 0 unspecified atom stereocenters. The number of para-hydroxylation sites is 1. The summed E-state index contributed by atoms with van der Waals surface area (Å²) >= 11 is 0. The predicted molar refractivity (Wildman–Crippen MR) is 125 cm³/mol. The molecule has 1 atom stereocenters. The van der Waals surface area contributed by atoms with Crippen molar-refractivity contribution >= 4 is 16.8 Å². The average Bonchev–Trinajstić information content (AvgIpc) is 2.80. The zero-order valence-electron chi connectivity index (χ0n) is 19.1. The van der Waals surface area contributed by atoms with Crippen LogP contribution in [0.5, 0.6) is 0 Å². The van der Waals surface area contributed by atoms with Gasteiger partial charge in [0.05, 0.1) is 16.9 Å². The fraction of sp³-hybridized carbons (Fsp3) is 0.625. The van der Waals surface area contributed by atoms with Gasteiger partial charge in [0.2, 0.25) is 5.91 Å². The number of carbonyl (C=O) groups excluding carboxylic acids is 1. The van der Waals surface area contributed by atoms with Crippen molar-refractivity contribution in [3.8, 4) is 0 Å². The van der Waals surface area contributed by atoms with Crippen molar-refractivity contribution in [3.05, 3.63) is 40.4 Å². The number of nitrogens with zero attached hydrogens (tertiary/aromatic N) is 4. The van der Waals surface area contributed by atoms with E-state index in [1.165, 1.54) is 0 Å². The Morgan fingerprint density at radius 2 is 1.84 bits per heavy atom. The van der Waals surface area contributed by atoms with Gasteiger partial charge < -0.3 is 10.6 Å². The fourth-order valence-corrected chi connectivity index (χ4v) is 4.52. The lowest BCUT2D eigenvalue weighted by molar-refractivity contribution is -0.133. The van der Waals surface area contributed by atoms with E-state index in [4.69, 9.17) is 10.7 Å². The first kappa shape index (κ1) is 23.4. The van der Waals surface area contributed by atoms with E-state index in [-0.39, 0.29) is 17.5 Å². The van der Waals surface area contributed by atoms with E-state index in [0.29, 0.717) is 24.9 Å². The number of nitrogens with two attached hydrogens (primary N) is 1. The number of aromatic nitrogens is 2. The van der Waals surface area contributed by atoms with Crippen LogP contribution >= 0.6 is 0 Å². The van der Waals surface area contributed by atoms with Gasteiger partial charge in [0.1, 0.15) is 5.82 Å². The van der Waals surface area contributed by atoms with Crippen LogP contribution < -0.4 is 11.3 Å². The lowest BCUT2D eigenvalue weighted by Gasteiger charge is -2.39. The topological polar surface area (TPSA) is 84.5 Å². The molecule has 2 heterocycles. The Hall–Kier alpha value is -2.25. The Morgan fingerprint density at radius 3 is 2.52 bits per heavy atom. The van der Waals surface area contributed by atoms with Crippen LogP contribution in [0, 0.1) is 0 Å². The molecule has 2 N–H and O–H groups in total. The quantitative estimate of drug-likeness (QED) is 0.590. The highest BCUT2D eigenvalue weighted by Crippen LogP contribution is 2.25. The standard InChI is InChI=1S/C24H37N5O2/c1-3-14-29-23(26-20-11-8-7-10-19(20)24(29)31)21(4-2)27-15-17-28(18-16-27)22(30)12-6-5-9-13-25/h7-8,10-11,21H,3-6,9,12-18,25H2,1-2H3/t21-/m0/s1. The molecule has 7 nitrogen and oxygen atoms in total. The number of carbonyl (C=O) groups is 1.